The van der Waals surface area contributed by atoms with E-state index >= 15 is 0 Å². The Bertz CT molecular complexity index is 732. The lowest BCUT2D eigenvalue weighted by Crippen LogP contribution is -2.53. The summed E-state index contributed by atoms with van der Waals surface area (Å²) in [6.07, 6.45) is 3.53. The largest absolute Gasteiger partial charge is 0.355 e. The van der Waals surface area contributed by atoms with E-state index in [-0.39, 0.29) is 0 Å². The standard InChI is InChI=1S/C18H24N6OS/c1-19-17(22-10-15-26(25)16-6-3-2-4-7-16)23-11-13-24(14-12-23)18-20-8-5-9-21-18/h2-9H,10-15H2,1H3,(H,19,22). The van der Waals surface area contributed by atoms with Gasteiger partial charge in [-0.15, -0.1) is 0 Å². The minimum Gasteiger partial charge on any atom is -0.355 e. The van der Waals surface area contributed by atoms with E-state index in [2.05, 4.69) is 30.1 Å². The molecule has 1 aromatic heterocycles. The fraction of sp³-hybridized carbons (Fsp3) is 0.389. The molecule has 138 valence electrons. The zero-order valence-electron chi connectivity index (χ0n) is 14.9. The van der Waals surface area contributed by atoms with Crippen molar-refractivity contribution in [2.24, 2.45) is 4.99 Å². The summed E-state index contributed by atoms with van der Waals surface area (Å²) in [5, 5.41) is 3.33. The second-order valence-electron chi connectivity index (χ2n) is 5.86. The summed E-state index contributed by atoms with van der Waals surface area (Å²) in [6, 6.07) is 11.4. The minimum absolute atomic E-state index is 0.556. The van der Waals surface area contributed by atoms with Crippen molar-refractivity contribution >= 4 is 22.7 Å². The first kappa shape index (κ1) is 18.3. The van der Waals surface area contributed by atoms with Crippen LogP contribution in [0.2, 0.25) is 0 Å². The van der Waals surface area contributed by atoms with Gasteiger partial charge in [0, 0.05) is 62.8 Å². The van der Waals surface area contributed by atoms with E-state index in [0.717, 1.165) is 43.0 Å². The van der Waals surface area contributed by atoms with Crippen LogP contribution in [0, 0.1) is 0 Å². The molecule has 1 aromatic carbocycles. The Labute approximate surface area is 156 Å². The maximum atomic E-state index is 12.3. The van der Waals surface area contributed by atoms with Crippen LogP contribution in [0.15, 0.2) is 58.7 Å². The molecule has 0 bridgehead atoms. The summed E-state index contributed by atoms with van der Waals surface area (Å²) in [6.45, 7) is 4.01. The van der Waals surface area contributed by atoms with Crippen LogP contribution in [0.25, 0.3) is 0 Å². The molecule has 2 heterocycles. The lowest BCUT2D eigenvalue weighted by Gasteiger charge is -2.36. The van der Waals surface area contributed by atoms with Gasteiger partial charge in [-0.05, 0) is 18.2 Å². The highest BCUT2D eigenvalue weighted by molar-refractivity contribution is 7.85. The van der Waals surface area contributed by atoms with Gasteiger partial charge in [0.2, 0.25) is 5.95 Å². The van der Waals surface area contributed by atoms with Gasteiger partial charge >= 0.3 is 0 Å². The minimum atomic E-state index is -0.998. The van der Waals surface area contributed by atoms with Crippen LogP contribution in [0.4, 0.5) is 5.95 Å². The number of aromatic nitrogens is 2. The molecule has 0 radical (unpaired) electrons. The van der Waals surface area contributed by atoms with Gasteiger partial charge in [0.25, 0.3) is 0 Å². The number of guanidine groups is 1. The summed E-state index contributed by atoms with van der Waals surface area (Å²) < 4.78 is 12.3. The van der Waals surface area contributed by atoms with E-state index in [1.54, 1.807) is 19.4 Å². The van der Waals surface area contributed by atoms with Crippen molar-refractivity contribution < 1.29 is 4.21 Å². The Balaban J connectivity index is 1.46. The molecule has 26 heavy (non-hydrogen) atoms. The zero-order valence-corrected chi connectivity index (χ0v) is 15.7. The maximum Gasteiger partial charge on any atom is 0.225 e. The summed E-state index contributed by atoms with van der Waals surface area (Å²) >= 11 is 0. The van der Waals surface area contributed by atoms with Crippen LogP contribution in [0.5, 0.6) is 0 Å². The predicted octanol–water partition coefficient (Wildman–Crippen LogP) is 0.982. The third kappa shape index (κ3) is 4.78. The first-order valence-electron chi connectivity index (χ1n) is 8.69. The molecule has 7 nitrogen and oxygen atoms in total. The Morgan fingerprint density at radius 2 is 1.81 bits per heavy atom. The van der Waals surface area contributed by atoms with Crippen molar-refractivity contribution in [2.75, 3.05) is 50.4 Å². The number of rotatable bonds is 5. The fourth-order valence-corrected chi connectivity index (χ4v) is 3.83. The Morgan fingerprint density at radius 3 is 2.46 bits per heavy atom. The number of piperazine rings is 1. The van der Waals surface area contributed by atoms with E-state index in [9.17, 15) is 4.21 Å². The fourth-order valence-electron chi connectivity index (χ4n) is 2.85. The van der Waals surface area contributed by atoms with Gasteiger partial charge in [0.1, 0.15) is 0 Å². The third-order valence-corrected chi connectivity index (χ3v) is 5.58. The molecule has 0 spiro atoms. The number of nitrogens with one attached hydrogen (secondary N) is 1. The highest BCUT2D eigenvalue weighted by atomic mass is 32.2. The monoisotopic (exact) mass is 372 g/mol. The van der Waals surface area contributed by atoms with E-state index in [0.29, 0.717) is 12.3 Å². The number of aliphatic imine (C=N–C) groups is 1. The second kappa shape index (κ2) is 9.28. The molecular weight excluding hydrogens is 348 g/mol. The summed E-state index contributed by atoms with van der Waals surface area (Å²) in [4.78, 5) is 18.2. The summed E-state index contributed by atoms with van der Waals surface area (Å²) in [5.41, 5.74) is 0. The number of anilines is 1. The molecule has 1 N–H and O–H groups in total. The van der Waals surface area contributed by atoms with Crippen molar-refractivity contribution in [3.05, 3.63) is 48.8 Å². The molecule has 0 amide bonds. The normalized spacial score (nSPS) is 16.4. The Kier molecular flexibility index (Phi) is 6.54. The van der Waals surface area contributed by atoms with Gasteiger partial charge in [0.05, 0.1) is 10.8 Å². The van der Waals surface area contributed by atoms with Crippen LogP contribution in [0.1, 0.15) is 0 Å². The molecule has 1 atom stereocenters. The number of hydrogen-bond acceptors (Lipinski definition) is 5. The first-order valence-corrected chi connectivity index (χ1v) is 10.0. The molecule has 3 rings (SSSR count). The van der Waals surface area contributed by atoms with Gasteiger partial charge < -0.3 is 15.1 Å². The van der Waals surface area contributed by atoms with Crippen LogP contribution in [-0.4, -0.2) is 70.6 Å². The van der Waals surface area contributed by atoms with Gasteiger partial charge in [-0.3, -0.25) is 9.20 Å². The molecule has 1 aliphatic heterocycles. The Hall–Kier alpha value is -2.48. The quantitative estimate of drug-likeness (QED) is 0.623. The topological polar surface area (TPSA) is 73.7 Å². The van der Waals surface area contributed by atoms with Crippen molar-refractivity contribution in [1.82, 2.24) is 20.2 Å². The van der Waals surface area contributed by atoms with Gasteiger partial charge in [-0.2, -0.15) is 0 Å². The molecule has 1 saturated heterocycles. The van der Waals surface area contributed by atoms with Crippen LogP contribution < -0.4 is 10.2 Å². The van der Waals surface area contributed by atoms with E-state index < -0.39 is 10.8 Å². The molecule has 1 aliphatic rings. The highest BCUT2D eigenvalue weighted by Gasteiger charge is 2.21. The number of hydrogen-bond donors (Lipinski definition) is 1. The molecular formula is C18H24N6OS. The summed E-state index contributed by atoms with van der Waals surface area (Å²) in [7, 11) is 0.783. The predicted molar refractivity (Wildman–Crippen MR) is 105 cm³/mol. The van der Waals surface area contributed by atoms with Crippen LogP contribution in [-0.2, 0) is 10.8 Å². The van der Waals surface area contributed by atoms with Crippen molar-refractivity contribution in [2.45, 2.75) is 4.90 Å². The van der Waals surface area contributed by atoms with Crippen LogP contribution in [0.3, 0.4) is 0 Å². The van der Waals surface area contributed by atoms with Gasteiger partial charge in [0.15, 0.2) is 5.96 Å². The third-order valence-electron chi connectivity index (χ3n) is 4.20. The maximum absolute atomic E-state index is 12.3. The van der Waals surface area contributed by atoms with Crippen molar-refractivity contribution in [3.63, 3.8) is 0 Å². The van der Waals surface area contributed by atoms with E-state index in [1.165, 1.54) is 0 Å². The molecule has 2 aromatic rings. The molecule has 0 saturated carbocycles. The average Bonchev–Trinajstić information content (AvgIpc) is 2.72. The highest BCUT2D eigenvalue weighted by Crippen LogP contribution is 2.10. The first-order chi connectivity index (χ1) is 12.8. The van der Waals surface area contributed by atoms with E-state index in [4.69, 9.17) is 0 Å². The number of benzene rings is 1. The lowest BCUT2D eigenvalue weighted by atomic mass is 10.3. The molecule has 0 aliphatic carbocycles. The summed E-state index contributed by atoms with van der Waals surface area (Å²) in [5.74, 6) is 2.18. The van der Waals surface area contributed by atoms with Crippen molar-refractivity contribution in [3.8, 4) is 0 Å². The SMILES string of the molecule is CN=C(NCCS(=O)c1ccccc1)N1CCN(c2ncccn2)CC1. The molecule has 1 unspecified atom stereocenters. The van der Waals surface area contributed by atoms with Crippen LogP contribution >= 0.6 is 0 Å². The Morgan fingerprint density at radius 1 is 1.12 bits per heavy atom. The van der Waals surface area contributed by atoms with E-state index in [1.807, 2.05) is 36.4 Å². The second-order valence-corrected chi connectivity index (χ2v) is 7.43. The zero-order chi connectivity index (χ0) is 18.2. The van der Waals surface area contributed by atoms with Gasteiger partial charge in [-0.1, -0.05) is 18.2 Å². The lowest BCUT2D eigenvalue weighted by molar-refractivity contribution is 0.371. The number of nitrogens with zero attached hydrogens (tertiary/aromatic N) is 5. The average molecular weight is 372 g/mol. The van der Waals surface area contributed by atoms with Crippen molar-refractivity contribution in [1.29, 1.82) is 0 Å². The molecule has 8 heteroatoms. The smallest absolute Gasteiger partial charge is 0.225 e. The van der Waals surface area contributed by atoms with Gasteiger partial charge in [-0.25, -0.2) is 9.97 Å². The molecule has 1 fully saturated rings.